The van der Waals surface area contributed by atoms with Gasteiger partial charge >= 0.3 is 0 Å². The van der Waals surface area contributed by atoms with Crippen molar-refractivity contribution in [3.8, 4) is 0 Å². The Morgan fingerprint density at radius 1 is 1.35 bits per heavy atom. The van der Waals surface area contributed by atoms with Crippen LogP contribution in [0.1, 0.15) is 26.2 Å². The number of aromatic nitrogens is 1. The zero-order valence-electron chi connectivity index (χ0n) is 12.2. The number of aryl methyl sites for hydroxylation is 1. The van der Waals surface area contributed by atoms with Crippen LogP contribution >= 0.6 is 0 Å². The minimum atomic E-state index is -0.00235. The summed E-state index contributed by atoms with van der Waals surface area (Å²) in [4.78, 5) is 12.0. The van der Waals surface area contributed by atoms with Gasteiger partial charge in [-0.05, 0) is 12.5 Å². The molecule has 4 nitrogen and oxygen atoms in total. The maximum absolute atomic E-state index is 12.0. The zero-order chi connectivity index (χ0) is 14.5. The summed E-state index contributed by atoms with van der Waals surface area (Å²) in [5.74, 6) is 0. The number of benzene rings is 1. The molecular weight excluding hydrogens is 250 g/mol. The Balaban J connectivity index is 2.39. The van der Waals surface area contributed by atoms with Crippen LogP contribution in [0.3, 0.4) is 0 Å². The van der Waals surface area contributed by atoms with Crippen LogP contribution in [0.15, 0.2) is 35.1 Å². The van der Waals surface area contributed by atoms with Gasteiger partial charge in [-0.2, -0.15) is 0 Å². The van der Waals surface area contributed by atoms with Gasteiger partial charge in [0.15, 0.2) is 0 Å². The lowest BCUT2D eigenvalue weighted by Crippen LogP contribution is -2.30. The Morgan fingerprint density at radius 2 is 2.10 bits per heavy atom. The van der Waals surface area contributed by atoms with Gasteiger partial charge in [0, 0.05) is 36.8 Å². The Morgan fingerprint density at radius 3 is 2.80 bits per heavy atom. The molecule has 1 aromatic carbocycles. The molecule has 1 heterocycles. The molecule has 0 amide bonds. The largest absolute Gasteiger partial charge is 0.380 e. The lowest BCUT2D eigenvalue weighted by atomic mass is 10.1. The summed E-state index contributed by atoms with van der Waals surface area (Å²) in [6, 6.07) is 9.81. The van der Waals surface area contributed by atoms with Gasteiger partial charge in [-0.15, -0.1) is 0 Å². The minimum Gasteiger partial charge on any atom is -0.380 e. The third-order valence-electron chi connectivity index (χ3n) is 3.70. The van der Waals surface area contributed by atoms with Crippen molar-refractivity contribution in [1.82, 2.24) is 4.57 Å². The van der Waals surface area contributed by atoms with Crippen molar-refractivity contribution in [2.24, 2.45) is 12.8 Å². The summed E-state index contributed by atoms with van der Waals surface area (Å²) >= 11 is 0. The highest BCUT2D eigenvalue weighted by Crippen LogP contribution is 2.22. The topological polar surface area (TPSA) is 60.0 Å². The number of nitrogens with two attached hydrogens (primary N) is 1. The summed E-state index contributed by atoms with van der Waals surface area (Å²) in [5.41, 5.74) is 7.65. The molecule has 2 aromatic rings. The van der Waals surface area contributed by atoms with Crippen molar-refractivity contribution >= 4 is 16.6 Å². The zero-order valence-corrected chi connectivity index (χ0v) is 12.2. The predicted molar refractivity (Wildman–Crippen MR) is 85.2 cm³/mol. The quantitative estimate of drug-likeness (QED) is 0.850. The predicted octanol–water partition coefficient (Wildman–Crippen LogP) is 2.47. The normalized spacial score (nSPS) is 12.6. The number of nitrogens with one attached hydrogen (secondary N) is 1. The maximum atomic E-state index is 12.0. The van der Waals surface area contributed by atoms with Crippen LogP contribution < -0.4 is 16.6 Å². The van der Waals surface area contributed by atoms with Crippen LogP contribution in [0.5, 0.6) is 0 Å². The van der Waals surface area contributed by atoms with E-state index in [1.165, 1.54) is 0 Å². The van der Waals surface area contributed by atoms with E-state index in [9.17, 15) is 4.79 Å². The summed E-state index contributed by atoms with van der Waals surface area (Å²) in [6.07, 6.45) is 3.31. The fraction of sp³-hybridized carbons (Fsp3) is 0.438. The molecular formula is C16H23N3O. The highest BCUT2D eigenvalue weighted by atomic mass is 16.1. The highest BCUT2D eigenvalue weighted by molar-refractivity contribution is 5.91. The number of anilines is 1. The number of fused-ring (bicyclic) bond motifs is 1. The van der Waals surface area contributed by atoms with Gasteiger partial charge in [0.05, 0.1) is 5.52 Å². The molecule has 4 heteroatoms. The molecule has 1 aromatic heterocycles. The van der Waals surface area contributed by atoms with E-state index >= 15 is 0 Å². The summed E-state index contributed by atoms with van der Waals surface area (Å²) in [5, 5.41) is 4.50. The van der Waals surface area contributed by atoms with E-state index in [0.717, 1.165) is 35.9 Å². The molecule has 1 atom stereocenters. The molecule has 2 rings (SSSR count). The Hall–Kier alpha value is -1.81. The van der Waals surface area contributed by atoms with Crippen molar-refractivity contribution in [2.45, 2.75) is 32.2 Å². The van der Waals surface area contributed by atoms with Crippen LogP contribution in [0.25, 0.3) is 10.9 Å². The van der Waals surface area contributed by atoms with E-state index in [1.807, 2.05) is 24.3 Å². The molecule has 3 N–H and O–H groups in total. The molecule has 108 valence electrons. The summed E-state index contributed by atoms with van der Waals surface area (Å²) in [6.45, 7) is 2.74. The first-order valence-electron chi connectivity index (χ1n) is 7.22. The minimum absolute atomic E-state index is 0.00235. The number of unbranched alkanes of at least 4 members (excludes halogenated alkanes) is 1. The number of hydrogen-bond donors (Lipinski definition) is 2. The maximum Gasteiger partial charge on any atom is 0.252 e. The van der Waals surface area contributed by atoms with E-state index in [0.29, 0.717) is 6.54 Å². The smallest absolute Gasteiger partial charge is 0.252 e. The molecule has 0 aliphatic rings. The van der Waals surface area contributed by atoms with E-state index in [1.54, 1.807) is 17.7 Å². The Bertz CT molecular complexity index is 633. The molecule has 0 spiro atoms. The molecule has 0 aliphatic heterocycles. The second kappa shape index (κ2) is 6.57. The van der Waals surface area contributed by atoms with Gasteiger partial charge in [0.2, 0.25) is 0 Å². The average molecular weight is 273 g/mol. The van der Waals surface area contributed by atoms with E-state index in [4.69, 9.17) is 5.73 Å². The second-order valence-electron chi connectivity index (χ2n) is 5.19. The molecule has 0 bridgehead atoms. The van der Waals surface area contributed by atoms with Crippen molar-refractivity contribution in [1.29, 1.82) is 0 Å². The first-order valence-corrected chi connectivity index (χ1v) is 7.22. The lowest BCUT2D eigenvalue weighted by molar-refractivity contribution is 0.614. The Labute approximate surface area is 119 Å². The van der Waals surface area contributed by atoms with Crippen LogP contribution in [0.4, 0.5) is 5.69 Å². The fourth-order valence-corrected chi connectivity index (χ4v) is 2.45. The summed E-state index contributed by atoms with van der Waals surface area (Å²) < 4.78 is 1.67. The van der Waals surface area contributed by atoms with Gasteiger partial charge < -0.3 is 15.6 Å². The molecule has 0 radical (unpaired) electrons. The summed E-state index contributed by atoms with van der Waals surface area (Å²) in [7, 11) is 1.80. The van der Waals surface area contributed by atoms with Gasteiger partial charge in [-0.25, -0.2) is 0 Å². The monoisotopic (exact) mass is 273 g/mol. The highest BCUT2D eigenvalue weighted by Gasteiger charge is 2.10. The molecule has 1 unspecified atom stereocenters. The lowest BCUT2D eigenvalue weighted by Gasteiger charge is -2.19. The SMILES string of the molecule is CCCCC(CN)Nc1cc(=O)n(C)c2ccccc12. The third-order valence-corrected chi connectivity index (χ3v) is 3.70. The van der Waals surface area contributed by atoms with Crippen LogP contribution in [0.2, 0.25) is 0 Å². The molecule has 0 saturated heterocycles. The number of rotatable bonds is 6. The molecule has 0 aliphatic carbocycles. The molecule has 0 fully saturated rings. The molecule has 0 saturated carbocycles. The average Bonchev–Trinajstić information content (AvgIpc) is 2.48. The van der Waals surface area contributed by atoms with Crippen molar-refractivity contribution < 1.29 is 0 Å². The van der Waals surface area contributed by atoms with Crippen LogP contribution in [-0.2, 0) is 7.05 Å². The Kier molecular flexibility index (Phi) is 4.79. The number of nitrogens with zero attached hydrogens (tertiary/aromatic N) is 1. The first kappa shape index (κ1) is 14.6. The number of hydrogen-bond acceptors (Lipinski definition) is 3. The van der Waals surface area contributed by atoms with Gasteiger partial charge in [0.25, 0.3) is 5.56 Å². The van der Waals surface area contributed by atoms with E-state index < -0.39 is 0 Å². The van der Waals surface area contributed by atoms with Crippen molar-refractivity contribution in [2.75, 3.05) is 11.9 Å². The molecule has 20 heavy (non-hydrogen) atoms. The van der Waals surface area contributed by atoms with E-state index in [2.05, 4.69) is 12.2 Å². The number of para-hydroxylation sites is 1. The van der Waals surface area contributed by atoms with Crippen LogP contribution in [-0.4, -0.2) is 17.2 Å². The van der Waals surface area contributed by atoms with Crippen molar-refractivity contribution in [3.05, 3.63) is 40.7 Å². The van der Waals surface area contributed by atoms with Crippen molar-refractivity contribution in [3.63, 3.8) is 0 Å². The van der Waals surface area contributed by atoms with Gasteiger partial charge in [-0.1, -0.05) is 38.0 Å². The van der Waals surface area contributed by atoms with Crippen LogP contribution in [0, 0.1) is 0 Å². The van der Waals surface area contributed by atoms with Gasteiger partial charge in [0.1, 0.15) is 0 Å². The van der Waals surface area contributed by atoms with E-state index in [-0.39, 0.29) is 11.6 Å². The fourth-order valence-electron chi connectivity index (χ4n) is 2.45. The standard InChI is InChI=1S/C16H23N3O/c1-3-4-7-12(11-17)18-14-10-16(20)19(2)15-9-6-5-8-13(14)15/h5-6,8-10,12,18H,3-4,7,11,17H2,1-2H3. The second-order valence-corrected chi connectivity index (χ2v) is 5.19. The van der Waals surface area contributed by atoms with Gasteiger partial charge in [-0.3, -0.25) is 4.79 Å². The third kappa shape index (κ3) is 3.02. The first-order chi connectivity index (χ1) is 9.67. The number of pyridine rings is 1.